The molecule has 25 heavy (non-hydrogen) atoms. The molecule has 1 heterocycles. The van der Waals surface area contributed by atoms with Crippen LogP contribution in [0.2, 0.25) is 0 Å². The Balaban J connectivity index is 1.90. The Kier molecular flexibility index (Phi) is 4.23. The predicted octanol–water partition coefficient (Wildman–Crippen LogP) is 4.09. The summed E-state index contributed by atoms with van der Waals surface area (Å²) in [5, 5.41) is 18.9. The molecular formula is C17H10F4N4. The maximum Gasteiger partial charge on any atom is 0.416 e. The summed E-state index contributed by atoms with van der Waals surface area (Å²) in [7, 11) is 0. The highest BCUT2D eigenvalue weighted by Gasteiger charge is 2.31. The van der Waals surface area contributed by atoms with E-state index in [-0.39, 0.29) is 17.7 Å². The van der Waals surface area contributed by atoms with E-state index in [4.69, 9.17) is 5.26 Å². The van der Waals surface area contributed by atoms with Crippen LogP contribution in [0.3, 0.4) is 0 Å². The number of aromatic amines is 1. The summed E-state index contributed by atoms with van der Waals surface area (Å²) in [4.78, 5) is 0. The first kappa shape index (κ1) is 16.6. The van der Waals surface area contributed by atoms with Crippen molar-refractivity contribution >= 4 is 0 Å². The Hall–Kier alpha value is -3.21. The van der Waals surface area contributed by atoms with Crippen LogP contribution in [-0.4, -0.2) is 15.4 Å². The molecule has 0 aliphatic carbocycles. The van der Waals surface area contributed by atoms with E-state index in [0.717, 1.165) is 12.1 Å². The van der Waals surface area contributed by atoms with Gasteiger partial charge in [-0.3, -0.25) is 0 Å². The molecule has 0 aliphatic rings. The fraction of sp³-hybridized carbons (Fsp3) is 0.118. The van der Waals surface area contributed by atoms with E-state index >= 15 is 0 Å². The number of benzene rings is 2. The van der Waals surface area contributed by atoms with E-state index in [2.05, 4.69) is 15.4 Å². The predicted molar refractivity (Wildman–Crippen MR) is 80.7 cm³/mol. The summed E-state index contributed by atoms with van der Waals surface area (Å²) >= 11 is 0. The van der Waals surface area contributed by atoms with Crippen molar-refractivity contribution in [1.29, 1.82) is 5.26 Å². The van der Waals surface area contributed by atoms with Crippen molar-refractivity contribution in [1.82, 2.24) is 15.4 Å². The molecule has 126 valence electrons. The zero-order chi connectivity index (χ0) is 18.0. The highest BCUT2D eigenvalue weighted by molar-refractivity contribution is 5.64. The highest BCUT2D eigenvalue weighted by Crippen LogP contribution is 2.31. The third-order valence-corrected chi connectivity index (χ3v) is 3.64. The summed E-state index contributed by atoms with van der Waals surface area (Å²) in [6.45, 7) is 0. The zero-order valence-corrected chi connectivity index (χ0v) is 12.6. The average Bonchev–Trinajstić information content (AvgIpc) is 3.05. The van der Waals surface area contributed by atoms with Gasteiger partial charge < -0.3 is 0 Å². The normalized spacial score (nSPS) is 11.3. The van der Waals surface area contributed by atoms with Crippen LogP contribution < -0.4 is 0 Å². The second-order valence-electron chi connectivity index (χ2n) is 5.33. The van der Waals surface area contributed by atoms with E-state index < -0.39 is 17.6 Å². The second kappa shape index (κ2) is 6.36. The molecule has 0 fully saturated rings. The lowest BCUT2D eigenvalue weighted by atomic mass is 10.00. The molecule has 0 radical (unpaired) electrons. The standard InChI is InChI=1S/C17H10F4N4/c18-14-8-13(17(19,20)21)5-4-11(14)6-10-2-1-3-12(7-10)16-15(9-22)23-25-24-16/h1-5,7-8H,6H2,(H,23,24,25). The van der Waals surface area contributed by atoms with Crippen LogP contribution in [0, 0.1) is 17.1 Å². The monoisotopic (exact) mass is 346 g/mol. The fourth-order valence-corrected chi connectivity index (χ4v) is 2.42. The largest absolute Gasteiger partial charge is 0.416 e. The minimum absolute atomic E-state index is 0.109. The van der Waals surface area contributed by atoms with Crippen molar-refractivity contribution in [2.45, 2.75) is 12.6 Å². The van der Waals surface area contributed by atoms with Crippen molar-refractivity contribution in [2.75, 3.05) is 0 Å². The molecule has 1 aromatic heterocycles. The number of alkyl halides is 3. The lowest BCUT2D eigenvalue weighted by molar-refractivity contribution is -0.137. The van der Waals surface area contributed by atoms with Gasteiger partial charge in [0.2, 0.25) is 0 Å². The minimum Gasteiger partial charge on any atom is -0.247 e. The van der Waals surface area contributed by atoms with Crippen molar-refractivity contribution < 1.29 is 17.6 Å². The lowest BCUT2D eigenvalue weighted by Crippen LogP contribution is -2.06. The molecule has 8 heteroatoms. The second-order valence-corrected chi connectivity index (χ2v) is 5.33. The first-order valence-electron chi connectivity index (χ1n) is 7.14. The fourth-order valence-electron chi connectivity index (χ4n) is 2.42. The van der Waals surface area contributed by atoms with Crippen LogP contribution in [0.1, 0.15) is 22.4 Å². The maximum absolute atomic E-state index is 14.0. The third kappa shape index (κ3) is 3.50. The molecule has 1 N–H and O–H groups in total. The average molecular weight is 346 g/mol. The van der Waals surface area contributed by atoms with Gasteiger partial charge in [0.1, 0.15) is 17.6 Å². The van der Waals surface area contributed by atoms with E-state index in [1.165, 1.54) is 0 Å². The van der Waals surface area contributed by atoms with E-state index in [9.17, 15) is 17.6 Å². The molecule has 0 spiro atoms. The van der Waals surface area contributed by atoms with Crippen LogP contribution >= 0.6 is 0 Å². The molecule has 3 aromatic rings. The molecule has 3 rings (SSSR count). The van der Waals surface area contributed by atoms with Gasteiger partial charge in [-0.1, -0.05) is 29.5 Å². The van der Waals surface area contributed by atoms with Crippen LogP contribution in [0.4, 0.5) is 17.6 Å². The quantitative estimate of drug-likeness (QED) is 0.727. The van der Waals surface area contributed by atoms with Gasteiger partial charge in [0.05, 0.1) is 5.56 Å². The number of halogens is 4. The number of nitrogens with one attached hydrogen (secondary N) is 1. The Morgan fingerprint density at radius 3 is 2.60 bits per heavy atom. The number of hydrogen-bond acceptors (Lipinski definition) is 3. The zero-order valence-electron chi connectivity index (χ0n) is 12.6. The summed E-state index contributed by atoms with van der Waals surface area (Å²) in [6, 6.07) is 11.2. The van der Waals surface area contributed by atoms with Gasteiger partial charge in [-0.05, 0) is 29.3 Å². The van der Waals surface area contributed by atoms with Crippen molar-refractivity contribution in [3.8, 4) is 17.3 Å². The molecule has 2 aromatic carbocycles. The van der Waals surface area contributed by atoms with Gasteiger partial charge >= 0.3 is 6.18 Å². The topological polar surface area (TPSA) is 65.4 Å². The van der Waals surface area contributed by atoms with Crippen LogP contribution in [-0.2, 0) is 12.6 Å². The summed E-state index contributed by atoms with van der Waals surface area (Å²) < 4.78 is 51.8. The number of nitriles is 1. The van der Waals surface area contributed by atoms with Gasteiger partial charge in [0, 0.05) is 12.0 Å². The smallest absolute Gasteiger partial charge is 0.247 e. The number of nitrogens with zero attached hydrogens (tertiary/aromatic N) is 3. The molecule has 0 saturated heterocycles. The maximum atomic E-state index is 14.0. The Labute approximate surface area is 139 Å². The van der Waals surface area contributed by atoms with Gasteiger partial charge in [-0.25, -0.2) is 9.49 Å². The van der Waals surface area contributed by atoms with E-state index in [1.807, 2.05) is 6.07 Å². The lowest BCUT2D eigenvalue weighted by Gasteiger charge is -2.10. The van der Waals surface area contributed by atoms with E-state index in [0.29, 0.717) is 22.9 Å². The van der Waals surface area contributed by atoms with Crippen LogP contribution in [0.25, 0.3) is 11.3 Å². The van der Waals surface area contributed by atoms with Crippen molar-refractivity contribution in [2.24, 2.45) is 0 Å². The van der Waals surface area contributed by atoms with Gasteiger partial charge in [0.25, 0.3) is 0 Å². The first-order chi connectivity index (χ1) is 11.9. The number of rotatable bonds is 3. The number of H-pyrrole nitrogens is 1. The first-order valence-corrected chi connectivity index (χ1v) is 7.14. The van der Waals surface area contributed by atoms with Gasteiger partial charge in [-0.15, -0.1) is 5.10 Å². The molecule has 0 aliphatic heterocycles. The third-order valence-electron chi connectivity index (χ3n) is 3.64. The van der Waals surface area contributed by atoms with Crippen molar-refractivity contribution in [3.05, 3.63) is 70.7 Å². The summed E-state index contributed by atoms with van der Waals surface area (Å²) in [6.07, 6.45) is -4.47. The summed E-state index contributed by atoms with van der Waals surface area (Å²) in [5.74, 6) is -0.917. The SMILES string of the molecule is N#Cc1[nH]nnc1-c1cccc(Cc2ccc(C(F)(F)F)cc2F)c1. The van der Waals surface area contributed by atoms with Crippen molar-refractivity contribution in [3.63, 3.8) is 0 Å². The van der Waals surface area contributed by atoms with Gasteiger partial charge in [-0.2, -0.15) is 18.4 Å². The molecule has 0 unspecified atom stereocenters. The minimum atomic E-state index is -4.58. The van der Waals surface area contributed by atoms with Crippen LogP contribution in [0.5, 0.6) is 0 Å². The number of hydrogen-bond donors (Lipinski definition) is 1. The highest BCUT2D eigenvalue weighted by atomic mass is 19.4. The molecule has 4 nitrogen and oxygen atoms in total. The van der Waals surface area contributed by atoms with Gasteiger partial charge in [0.15, 0.2) is 5.69 Å². The molecular weight excluding hydrogens is 336 g/mol. The molecule has 0 amide bonds. The molecule has 0 saturated carbocycles. The molecule has 0 bridgehead atoms. The Morgan fingerprint density at radius 2 is 1.92 bits per heavy atom. The molecule has 0 atom stereocenters. The summed E-state index contributed by atoms with van der Waals surface area (Å²) in [5.41, 5.74) is 0.947. The number of aromatic nitrogens is 3. The van der Waals surface area contributed by atoms with E-state index in [1.54, 1.807) is 24.3 Å². The van der Waals surface area contributed by atoms with Crippen LogP contribution in [0.15, 0.2) is 42.5 Å². The Bertz CT molecular complexity index is 954. The Morgan fingerprint density at radius 1 is 1.12 bits per heavy atom.